The topological polar surface area (TPSA) is 70.8 Å². The number of hydrogen-bond donors (Lipinski definition) is 0. The Morgan fingerprint density at radius 1 is 0.750 bits per heavy atom. The van der Waals surface area contributed by atoms with Gasteiger partial charge in [0.2, 0.25) is 0 Å². The van der Waals surface area contributed by atoms with Gasteiger partial charge in [-0.15, -0.1) is 0 Å². The summed E-state index contributed by atoms with van der Waals surface area (Å²) < 4.78 is 22.2. The molecule has 0 radical (unpaired) electrons. The van der Waals surface area contributed by atoms with Gasteiger partial charge in [0, 0.05) is 22.3 Å². The van der Waals surface area contributed by atoms with Crippen LogP contribution in [-0.2, 0) is 16.1 Å². The highest BCUT2D eigenvalue weighted by atomic mass is 16.6. The van der Waals surface area contributed by atoms with Gasteiger partial charge in [0.25, 0.3) is 0 Å². The summed E-state index contributed by atoms with van der Waals surface area (Å²) in [6.07, 6.45) is 0. The van der Waals surface area contributed by atoms with Crippen LogP contribution in [0.3, 0.4) is 0 Å². The monoisotopic (exact) mass is 479 g/mol. The summed E-state index contributed by atoms with van der Waals surface area (Å²) in [5, 5.41) is 4.43. The maximum Gasteiger partial charge on any atom is 0.344 e. The number of benzene rings is 3. The third-order valence-corrected chi connectivity index (χ3v) is 5.70. The van der Waals surface area contributed by atoms with Crippen molar-refractivity contribution < 1.29 is 23.5 Å². The average Bonchev–Trinajstić information content (AvgIpc) is 3.42. The Hall–Kier alpha value is -4.58. The lowest BCUT2D eigenvalue weighted by Gasteiger charge is -2.12. The largest absolute Gasteiger partial charge is 0.489 e. The second kappa shape index (κ2) is 10.8. The molecule has 0 amide bonds. The molecule has 0 bridgehead atoms. The van der Waals surface area contributed by atoms with Crippen LogP contribution in [0.1, 0.15) is 12.5 Å². The molecule has 0 N–H and O–H groups in total. The molecule has 6 nitrogen and oxygen atoms in total. The van der Waals surface area contributed by atoms with Gasteiger partial charge < -0.3 is 18.7 Å². The predicted octanol–water partition coefficient (Wildman–Crippen LogP) is 6.63. The Labute approximate surface area is 209 Å². The summed E-state index contributed by atoms with van der Waals surface area (Å²) in [6.45, 7) is 2.48. The van der Waals surface area contributed by atoms with E-state index in [1.807, 2.05) is 84.9 Å². The fourth-order valence-corrected chi connectivity index (χ4v) is 3.93. The van der Waals surface area contributed by atoms with E-state index in [2.05, 4.69) is 5.16 Å². The van der Waals surface area contributed by atoms with Crippen molar-refractivity contribution in [2.75, 3.05) is 13.2 Å². The molecule has 2 aliphatic rings. The fraction of sp³-hybridized carbons (Fsp3) is 0.133. The van der Waals surface area contributed by atoms with Crippen molar-refractivity contribution in [2.24, 2.45) is 0 Å². The fourth-order valence-electron chi connectivity index (χ4n) is 3.93. The summed E-state index contributed by atoms with van der Waals surface area (Å²) in [4.78, 5) is 11.5. The van der Waals surface area contributed by atoms with Gasteiger partial charge in [-0.1, -0.05) is 53.7 Å². The minimum atomic E-state index is -0.396. The molecule has 3 aromatic carbocycles. The van der Waals surface area contributed by atoms with Crippen LogP contribution in [0.5, 0.6) is 11.5 Å². The normalized spacial score (nSPS) is 10.8. The van der Waals surface area contributed by atoms with Crippen LogP contribution in [0, 0.1) is 0 Å². The van der Waals surface area contributed by atoms with Gasteiger partial charge in [-0.25, -0.2) is 4.79 Å². The molecule has 0 aromatic heterocycles. The molecule has 6 heteroatoms. The van der Waals surface area contributed by atoms with Crippen LogP contribution in [-0.4, -0.2) is 24.3 Å². The molecule has 180 valence electrons. The van der Waals surface area contributed by atoms with Gasteiger partial charge in [0.15, 0.2) is 12.4 Å². The number of carbonyl (C=O) groups is 1. The van der Waals surface area contributed by atoms with E-state index in [0.717, 1.165) is 39.3 Å². The molecule has 36 heavy (non-hydrogen) atoms. The first-order valence-corrected chi connectivity index (χ1v) is 11.8. The number of hydrogen-bond acceptors (Lipinski definition) is 6. The van der Waals surface area contributed by atoms with Crippen molar-refractivity contribution in [1.82, 2.24) is 5.16 Å². The molecule has 0 spiro atoms. The lowest BCUT2D eigenvalue weighted by Crippen LogP contribution is -2.14. The number of carbonyl (C=O) groups excluding carboxylic acids is 1. The minimum Gasteiger partial charge on any atom is -0.489 e. The van der Waals surface area contributed by atoms with E-state index < -0.39 is 5.97 Å². The predicted molar refractivity (Wildman–Crippen MR) is 137 cm³/mol. The summed E-state index contributed by atoms with van der Waals surface area (Å²) in [5.41, 5.74) is 5.61. The first kappa shape index (κ1) is 23.2. The van der Waals surface area contributed by atoms with Gasteiger partial charge in [0.1, 0.15) is 23.8 Å². The van der Waals surface area contributed by atoms with Crippen molar-refractivity contribution in [1.29, 1.82) is 0 Å². The van der Waals surface area contributed by atoms with E-state index in [4.69, 9.17) is 18.7 Å². The molecule has 0 atom stereocenters. The Morgan fingerprint density at radius 2 is 1.42 bits per heavy atom. The van der Waals surface area contributed by atoms with Gasteiger partial charge in [0.05, 0.1) is 6.61 Å². The number of esters is 1. The highest BCUT2D eigenvalue weighted by molar-refractivity contribution is 5.89. The Kier molecular flexibility index (Phi) is 6.94. The molecule has 3 aromatic rings. The van der Waals surface area contributed by atoms with E-state index in [1.165, 1.54) is 0 Å². The second-order valence-electron chi connectivity index (χ2n) is 8.13. The first-order chi connectivity index (χ1) is 17.7. The number of rotatable bonds is 9. The average molecular weight is 480 g/mol. The third kappa shape index (κ3) is 5.23. The summed E-state index contributed by atoms with van der Waals surface area (Å²) in [5.74, 6) is 1.67. The van der Waals surface area contributed by atoms with E-state index in [1.54, 1.807) is 19.1 Å². The van der Waals surface area contributed by atoms with Crippen molar-refractivity contribution in [2.45, 2.75) is 13.5 Å². The zero-order valence-electron chi connectivity index (χ0n) is 19.8. The van der Waals surface area contributed by atoms with Crippen molar-refractivity contribution in [3.05, 3.63) is 103 Å². The molecule has 1 heterocycles. The molecular weight excluding hydrogens is 454 g/mol. The molecule has 0 unspecified atom stereocenters. The standard InChI is InChI=1S/C30H25NO5/c1-2-33-28(32)20-35-25-15-11-22(12-16-25)29-26-9-6-10-27(26)30(36-31-29)23-13-17-24(18-14-23)34-19-21-7-4-3-5-8-21/h3-18H,2,19-20H2,1H3. The highest BCUT2D eigenvalue weighted by Gasteiger charge is 2.19. The van der Waals surface area contributed by atoms with Crippen LogP contribution in [0.25, 0.3) is 33.7 Å². The van der Waals surface area contributed by atoms with Crippen molar-refractivity contribution in [3.63, 3.8) is 0 Å². The lowest BCUT2D eigenvalue weighted by atomic mass is 9.99. The summed E-state index contributed by atoms with van der Waals surface area (Å²) >= 11 is 0. The molecule has 0 saturated heterocycles. The summed E-state index contributed by atoms with van der Waals surface area (Å²) in [6, 6.07) is 31.3. The van der Waals surface area contributed by atoms with E-state index >= 15 is 0 Å². The Bertz CT molecular complexity index is 1390. The molecule has 5 rings (SSSR count). The van der Waals surface area contributed by atoms with E-state index in [0.29, 0.717) is 24.7 Å². The molecule has 0 fully saturated rings. The van der Waals surface area contributed by atoms with Crippen molar-refractivity contribution in [3.8, 4) is 45.2 Å². The van der Waals surface area contributed by atoms with E-state index in [-0.39, 0.29) is 6.61 Å². The zero-order chi connectivity index (χ0) is 24.7. The second-order valence-corrected chi connectivity index (χ2v) is 8.13. The smallest absolute Gasteiger partial charge is 0.344 e. The van der Waals surface area contributed by atoms with Gasteiger partial charge in [-0.2, -0.15) is 0 Å². The summed E-state index contributed by atoms with van der Waals surface area (Å²) in [7, 11) is 0. The van der Waals surface area contributed by atoms with Gasteiger partial charge in [-0.3, -0.25) is 0 Å². The molecule has 0 saturated carbocycles. The van der Waals surface area contributed by atoms with Crippen LogP contribution in [0.15, 0.2) is 102 Å². The zero-order valence-corrected chi connectivity index (χ0v) is 19.8. The van der Waals surface area contributed by atoms with E-state index in [9.17, 15) is 4.79 Å². The van der Waals surface area contributed by atoms with Crippen molar-refractivity contribution >= 4 is 5.97 Å². The van der Waals surface area contributed by atoms with Crippen LogP contribution >= 0.6 is 0 Å². The maximum absolute atomic E-state index is 11.5. The van der Waals surface area contributed by atoms with Gasteiger partial charge in [-0.05, 0) is 61.0 Å². The third-order valence-electron chi connectivity index (χ3n) is 5.70. The molecular formula is C30H25NO5. The Morgan fingerprint density at radius 3 is 2.14 bits per heavy atom. The SMILES string of the molecule is CCOC(=O)COc1ccc(-c2noc(-c3ccc(OCc4ccccc4)cc3)c3cccc2-3)cc1. The lowest BCUT2D eigenvalue weighted by molar-refractivity contribution is -0.145. The highest BCUT2D eigenvalue weighted by Crippen LogP contribution is 2.40. The first-order valence-electron chi connectivity index (χ1n) is 11.8. The molecule has 1 aliphatic heterocycles. The van der Waals surface area contributed by atoms with Crippen LogP contribution in [0.4, 0.5) is 0 Å². The molecule has 1 aliphatic carbocycles. The number of ether oxygens (including phenoxy) is 3. The minimum absolute atomic E-state index is 0.126. The maximum atomic E-state index is 11.5. The number of fused-ring (bicyclic) bond motifs is 1. The number of aromatic nitrogens is 1. The Balaban J connectivity index is 1.32. The number of nitrogens with zero attached hydrogens (tertiary/aromatic N) is 1. The van der Waals surface area contributed by atoms with Crippen LogP contribution in [0.2, 0.25) is 0 Å². The van der Waals surface area contributed by atoms with Gasteiger partial charge >= 0.3 is 5.97 Å². The quantitative estimate of drug-likeness (QED) is 0.221. The van der Waals surface area contributed by atoms with Crippen LogP contribution < -0.4 is 9.47 Å².